The van der Waals surface area contributed by atoms with Gasteiger partial charge in [-0.05, 0) is 24.3 Å². The number of aromatic nitrogens is 2. The average molecular weight is 326 g/mol. The van der Waals surface area contributed by atoms with Crippen LogP contribution in [0.5, 0.6) is 5.75 Å². The summed E-state index contributed by atoms with van der Waals surface area (Å²) < 4.78 is 5.44. The van der Waals surface area contributed by atoms with Gasteiger partial charge in [-0.1, -0.05) is 35.9 Å². The zero-order chi connectivity index (χ0) is 16.2. The van der Waals surface area contributed by atoms with E-state index in [4.69, 9.17) is 16.3 Å². The first-order valence-electron chi connectivity index (χ1n) is 6.83. The molecule has 0 aliphatic heterocycles. The van der Waals surface area contributed by atoms with Crippen LogP contribution in [0.15, 0.2) is 54.3 Å². The third-order valence-electron chi connectivity index (χ3n) is 3.23. The summed E-state index contributed by atoms with van der Waals surface area (Å²) in [5.74, 6) is 0.517. The van der Waals surface area contributed by atoms with Crippen LogP contribution in [-0.4, -0.2) is 21.7 Å². The summed E-state index contributed by atoms with van der Waals surface area (Å²) in [4.78, 5) is 7.30. The normalized spacial score (nSPS) is 11.8. The molecule has 1 aromatic heterocycles. The van der Waals surface area contributed by atoms with Gasteiger partial charge in [0.25, 0.3) is 0 Å². The minimum atomic E-state index is -0.216. The predicted octanol–water partition coefficient (Wildman–Crippen LogP) is 4.09. The fourth-order valence-corrected chi connectivity index (χ4v) is 2.30. The molecular formula is C17H12ClN3O2. The molecule has 0 atom stereocenters. The van der Waals surface area contributed by atoms with Crippen molar-refractivity contribution in [2.45, 2.75) is 0 Å². The SMILES string of the molecule is N#CC(=C(O)COc1ccccc1Cl)c1nc2ccccc2[nH]1. The molecule has 1 heterocycles. The lowest BCUT2D eigenvalue weighted by atomic mass is 10.2. The smallest absolute Gasteiger partial charge is 0.152 e. The van der Waals surface area contributed by atoms with Crippen molar-refractivity contribution >= 4 is 28.2 Å². The summed E-state index contributed by atoms with van der Waals surface area (Å²) in [5, 5.41) is 19.9. The number of nitriles is 1. The van der Waals surface area contributed by atoms with Gasteiger partial charge < -0.3 is 14.8 Å². The van der Waals surface area contributed by atoms with Crippen molar-refractivity contribution in [3.8, 4) is 11.8 Å². The number of halogens is 1. The number of para-hydroxylation sites is 3. The number of rotatable bonds is 4. The Balaban J connectivity index is 1.87. The summed E-state index contributed by atoms with van der Waals surface area (Å²) in [7, 11) is 0. The van der Waals surface area contributed by atoms with Crippen LogP contribution < -0.4 is 4.74 Å². The number of allylic oxidation sites excluding steroid dienone is 1. The van der Waals surface area contributed by atoms with Crippen LogP contribution >= 0.6 is 11.6 Å². The predicted molar refractivity (Wildman–Crippen MR) is 88.2 cm³/mol. The quantitative estimate of drug-likeness (QED) is 0.559. The molecule has 23 heavy (non-hydrogen) atoms. The van der Waals surface area contributed by atoms with Crippen LogP contribution in [0.1, 0.15) is 5.82 Å². The number of imidazole rings is 1. The standard InChI is InChI=1S/C17H12ClN3O2/c18-12-5-1-4-8-16(12)23-10-15(22)11(9-19)17-20-13-6-2-3-7-14(13)21-17/h1-8,22H,10H2,(H,20,21). The molecule has 0 spiro atoms. The molecule has 0 amide bonds. The maximum absolute atomic E-state index is 10.2. The number of aliphatic hydroxyl groups excluding tert-OH is 1. The van der Waals surface area contributed by atoms with Crippen LogP contribution in [-0.2, 0) is 0 Å². The largest absolute Gasteiger partial charge is 0.507 e. The zero-order valence-corrected chi connectivity index (χ0v) is 12.7. The van der Waals surface area contributed by atoms with E-state index in [1.54, 1.807) is 24.3 Å². The Morgan fingerprint density at radius 1 is 1.22 bits per heavy atom. The highest BCUT2D eigenvalue weighted by atomic mass is 35.5. The molecule has 3 rings (SSSR count). The lowest BCUT2D eigenvalue weighted by Gasteiger charge is -2.07. The molecule has 5 nitrogen and oxygen atoms in total. The van der Waals surface area contributed by atoms with Gasteiger partial charge in [-0.15, -0.1) is 0 Å². The van der Waals surface area contributed by atoms with Crippen molar-refractivity contribution in [2.24, 2.45) is 0 Å². The van der Waals surface area contributed by atoms with Crippen LogP contribution in [0.3, 0.4) is 0 Å². The van der Waals surface area contributed by atoms with Crippen LogP contribution in [0.2, 0.25) is 5.02 Å². The highest BCUT2D eigenvalue weighted by molar-refractivity contribution is 6.32. The summed E-state index contributed by atoms with van der Waals surface area (Å²) >= 11 is 5.99. The van der Waals surface area contributed by atoms with E-state index in [0.717, 1.165) is 11.0 Å². The molecule has 6 heteroatoms. The minimum absolute atomic E-state index is 0.0354. The number of nitrogens with zero attached hydrogens (tertiary/aromatic N) is 2. The molecule has 0 fully saturated rings. The lowest BCUT2D eigenvalue weighted by molar-refractivity contribution is 0.272. The van der Waals surface area contributed by atoms with Crippen molar-refractivity contribution in [1.29, 1.82) is 5.26 Å². The van der Waals surface area contributed by atoms with Gasteiger partial charge >= 0.3 is 0 Å². The number of nitrogens with one attached hydrogen (secondary N) is 1. The number of hydrogen-bond acceptors (Lipinski definition) is 4. The summed E-state index contributed by atoms with van der Waals surface area (Å²) in [6.45, 7) is -0.177. The zero-order valence-electron chi connectivity index (χ0n) is 12.0. The Kier molecular flexibility index (Phi) is 4.18. The van der Waals surface area contributed by atoms with Crippen LogP contribution in [0, 0.1) is 11.3 Å². The van der Waals surface area contributed by atoms with Gasteiger partial charge in [-0.25, -0.2) is 4.98 Å². The molecule has 0 radical (unpaired) electrons. The number of aromatic amines is 1. The Hall–Kier alpha value is -2.97. The van der Waals surface area contributed by atoms with E-state index >= 15 is 0 Å². The first-order chi connectivity index (χ1) is 11.2. The summed E-state index contributed by atoms with van der Waals surface area (Å²) in [5.41, 5.74) is 1.54. The Labute approximate surface area is 137 Å². The van der Waals surface area contributed by atoms with Crippen molar-refractivity contribution < 1.29 is 9.84 Å². The number of hydrogen-bond donors (Lipinski definition) is 2. The van der Waals surface area contributed by atoms with Crippen LogP contribution in [0.4, 0.5) is 0 Å². The van der Waals surface area contributed by atoms with Gasteiger partial charge in [-0.2, -0.15) is 5.26 Å². The second-order valence-corrected chi connectivity index (χ2v) is 5.16. The molecule has 2 N–H and O–H groups in total. The van der Waals surface area contributed by atoms with Crippen molar-refractivity contribution in [1.82, 2.24) is 9.97 Å². The van der Waals surface area contributed by atoms with E-state index in [2.05, 4.69) is 9.97 Å². The van der Waals surface area contributed by atoms with E-state index in [1.807, 2.05) is 30.3 Å². The van der Waals surface area contributed by atoms with E-state index in [1.165, 1.54) is 0 Å². The summed E-state index contributed by atoms with van der Waals surface area (Å²) in [6.07, 6.45) is 0. The molecule has 0 saturated carbocycles. The molecule has 0 aliphatic rings. The van der Waals surface area contributed by atoms with Gasteiger partial charge in [0.15, 0.2) is 11.6 Å². The Bertz CT molecular complexity index is 892. The number of aliphatic hydroxyl groups is 1. The highest BCUT2D eigenvalue weighted by Crippen LogP contribution is 2.24. The third-order valence-corrected chi connectivity index (χ3v) is 3.54. The molecule has 0 unspecified atom stereocenters. The number of benzene rings is 2. The maximum Gasteiger partial charge on any atom is 0.152 e. The fourth-order valence-electron chi connectivity index (χ4n) is 2.11. The maximum atomic E-state index is 10.2. The Morgan fingerprint density at radius 3 is 2.70 bits per heavy atom. The van der Waals surface area contributed by atoms with Crippen molar-refractivity contribution in [2.75, 3.05) is 6.61 Å². The summed E-state index contributed by atoms with van der Waals surface area (Å²) in [6, 6.07) is 16.2. The lowest BCUT2D eigenvalue weighted by Crippen LogP contribution is -2.04. The third kappa shape index (κ3) is 3.12. The van der Waals surface area contributed by atoms with Gasteiger partial charge in [0.1, 0.15) is 24.0 Å². The van der Waals surface area contributed by atoms with Gasteiger partial charge in [0.2, 0.25) is 0 Å². The molecule has 3 aromatic rings. The number of fused-ring (bicyclic) bond motifs is 1. The fraction of sp³-hybridized carbons (Fsp3) is 0.0588. The van der Waals surface area contributed by atoms with E-state index in [-0.39, 0.29) is 17.9 Å². The number of ether oxygens (including phenoxy) is 1. The molecule has 0 bridgehead atoms. The minimum Gasteiger partial charge on any atom is -0.507 e. The molecule has 2 aromatic carbocycles. The van der Waals surface area contributed by atoms with Crippen LogP contribution in [0.25, 0.3) is 16.6 Å². The highest BCUT2D eigenvalue weighted by Gasteiger charge is 2.14. The first kappa shape index (κ1) is 14.9. The van der Waals surface area contributed by atoms with Crippen molar-refractivity contribution in [3.05, 3.63) is 65.1 Å². The van der Waals surface area contributed by atoms with Gasteiger partial charge in [0, 0.05) is 0 Å². The second kappa shape index (κ2) is 6.42. The topological polar surface area (TPSA) is 81.9 Å². The van der Waals surface area contributed by atoms with E-state index in [0.29, 0.717) is 16.6 Å². The Morgan fingerprint density at radius 2 is 1.96 bits per heavy atom. The van der Waals surface area contributed by atoms with Crippen molar-refractivity contribution in [3.63, 3.8) is 0 Å². The molecule has 0 aliphatic carbocycles. The average Bonchev–Trinajstić information content (AvgIpc) is 2.98. The first-order valence-corrected chi connectivity index (χ1v) is 7.21. The van der Waals surface area contributed by atoms with Gasteiger partial charge in [-0.3, -0.25) is 0 Å². The van der Waals surface area contributed by atoms with E-state index < -0.39 is 0 Å². The monoisotopic (exact) mass is 325 g/mol. The molecular weight excluding hydrogens is 314 g/mol. The second-order valence-electron chi connectivity index (χ2n) is 4.76. The van der Waals surface area contributed by atoms with E-state index in [9.17, 15) is 10.4 Å². The van der Waals surface area contributed by atoms with Gasteiger partial charge in [0.05, 0.1) is 16.1 Å². The molecule has 0 saturated heterocycles. The molecule has 114 valence electrons. The number of H-pyrrole nitrogens is 1.